The van der Waals surface area contributed by atoms with Crippen molar-refractivity contribution in [2.24, 2.45) is 5.41 Å². The van der Waals surface area contributed by atoms with Crippen LogP contribution in [0, 0.1) is 16.7 Å². The van der Waals surface area contributed by atoms with Crippen LogP contribution in [0.1, 0.15) is 20.3 Å². The highest BCUT2D eigenvalue weighted by molar-refractivity contribution is 6.40. The molecule has 0 amide bonds. The third kappa shape index (κ3) is 2.97. The van der Waals surface area contributed by atoms with Gasteiger partial charge in [0, 0.05) is 6.54 Å². The minimum Gasteiger partial charge on any atom is -0.298 e. The van der Waals surface area contributed by atoms with E-state index in [0.717, 1.165) is 0 Å². The largest absolute Gasteiger partial charge is 0.298 e. The summed E-state index contributed by atoms with van der Waals surface area (Å²) in [5.41, 5.74) is -0.860. The third-order valence-corrected chi connectivity index (χ3v) is 2.94. The maximum atomic E-state index is 11.6. The monoisotopic (exact) mass is 259 g/mol. The molecule has 4 nitrogen and oxygen atoms in total. The molecule has 0 N–H and O–H groups in total. The van der Waals surface area contributed by atoms with E-state index >= 15 is 0 Å². The summed E-state index contributed by atoms with van der Waals surface area (Å²) >= 11 is 11.3. The van der Waals surface area contributed by atoms with Gasteiger partial charge in [0.15, 0.2) is 5.15 Å². The Kier molecular flexibility index (Phi) is 3.95. The van der Waals surface area contributed by atoms with Gasteiger partial charge in [0.25, 0.3) is 5.56 Å². The van der Waals surface area contributed by atoms with Crippen LogP contribution in [-0.2, 0) is 6.54 Å². The van der Waals surface area contributed by atoms with Gasteiger partial charge in [-0.15, -0.1) is 0 Å². The van der Waals surface area contributed by atoms with Gasteiger partial charge >= 0.3 is 0 Å². The van der Waals surface area contributed by atoms with Gasteiger partial charge in [0.05, 0.1) is 17.8 Å². The molecule has 1 rings (SSSR count). The Morgan fingerprint density at radius 2 is 2.19 bits per heavy atom. The first-order chi connectivity index (χ1) is 7.37. The van der Waals surface area contributed by atoms with Crippen molar-refractivity contribution < 1.29 is 0 Å². The highest BCUT2D eigenvalue weighted by Crippen LogP contribution is 2.19. The molecule has 1 aromatic rings. The molecule has 0 aliphatic carbocycles. The highest BCUT2D eigenvalue weighted by Gasteiger charge is 2.17. The van der Waals surface area contributed by atoms with Crippen LogP contribution in [0.15, 0.2) is 11.1 Å². The molecule has 0 unspecified atom stereocenters. The van der Waals surface area contributed by atoms with Crippen molar-refractivity contribution in [2.75, 3.05) is 0 Å². The standard InChI is InChI=1S/C10H11Cl2N3O/c1-10(2,5-13)3-4-15-6-14-8(12)7(11)9(15)16/h6H,3-4H2,1-2H3. The quantitative estimate of drug-likeness (QED) is 0.784. The zero-order chi connectivity index (χ0) is 12.3. The minimum absolute atomic E-state index is 0.00228. The van der Waals surface area contributed by atoms with Gasteiger partial charge in [0.1, 0.15) is 5.02 Å². The summed E-state index contributed by atoms with van der Waals surface area (Å²) in [6, 6.07) is 2.16. The lowest BCUT2D eigenvalue weighted by Gasteiger charge is -2.15. The molecular formula is C10H11Cl2N3O. The molecule has 6 heteroatoms. The van der Waals surface area contributed by atoms with Gasteiger partial charge in [-0.2, -0.15) is 5.26 Å². The fourth-order valence-electron chi connectivity index (χ4n) is 1.06. The Morgan fingerprint density at radius 3 is 2.75 bits per heavy atom. The molecule has 0 aromatic carbocycles. The first-order valence-corrected chi connectivity index (χ1v) is 5.45. The maximum absolute atomic E-state index is 11.6. The second kappa shape index (κ2) is 4.86. The van der Waals surface area contributed by atoms with Crippen LogP contribution in [0.3, 0.4) is 0 Å². The van der Waals surface area contributed by atoms with E-state index in [1.54, 1.807) is 0 Å². The van der Waals surface area contributed by atoms with Gasteiger partial charge in [-0.1, -0.05) is 23.2 Å². The van der Waals surface area contributed by atoms with E-state index in [4.69, 9.17) is 28.5 Å². The summed E-state index contributed by atoms with van der Waals surface area (Å²) in [6.45, 7) is 4.01. The molecule has 0 saturated carbocycles. The van der Waals surface area contributed by atoms with Crippen LogP contribution in [0.4, 0.5) is 0 Å². The number of hydrogen-bond acceptors (Lipinski definition) is 3. The van der Waals surface area contributed by atoms with Crippen LogP contribution < -0.4 is 5.56 Å². The van der Waals surface area contributed by atoms with Crippen molar-refractivity contribution in [1.82, 2.24) is 9.55 Å². The SMILES string of the molecule is CC(C)(C#N)CCn1cnc(Cl)c(Cl)c1=O. The Hall–Kier alpha value is -1.05. The van der Waals surface area contributed by atoms with Crippen LogP contribution >= 0.6 is 23.2 Å². The first-order valence-electron chi connectivity index (χ1n) is 4.69. The molecule has 0 aliphatic rings. The van der Waals surface area contributed by atoms with E-state index in [-0.39, 0.29) is 15.7 Å². The van der Waals surface area contributed by atoms with Crippen molar-refractivity contribution in [3.8, 4) is 6.07 Å². The average molecular weight is 260 g/mol. The van der Waals surface area contributed by atoms with Gasteiger partial charge in [-0.3, -0.25) is 9.36 Å². The Morgan fingerprint density at radius 1 is 1.56 bits per heavy atom. The molecule has 0 aliphatic heterocycles. The molecule has 0 fully saturated rings. The number of rotatable bonds is 3. The Labute approximate surface area is 103 Å². The van der Waals surface area contributed by atoms with E-state index in [2.05, 4.69) is 11.1 Å². The van der Waals surface area contributed by atoms with Crippen molar-refractivity contribution in [2.45, 2.75) is 26.8 Å². The molecule has 0 radical (unpaired) electrons. The lowest BCUT2D eigenvalue weighted by molar-refractivity contribution is 0.407. The second-order valence-corrected chi connectivity index (χ2v) is 4.83. The predicted octanol–water partition coefficient (Wildman–Crippen LogP) is 2.49. The zero-order valence-corrected chi connectivity index (χ0v) is 10.5. The summed E-state index contributed by atoms with van der Waals surface area (Å²) in [7, 11) is 0. The van der Waals surface area contributed by atoms with Gasteiger partial charge < -0.3 is 0 Å². The molecular weight excluding hydrogens is 249 g/mol. The fourth-order valence-corrected chi connectivity index (χ4v) is 1.34. The Balaban J connectivity index is 2.89. The number of hydrogen-bond donors (Lipinski definition) is 0. The molecule has 0 atom stereocenters. The van der Waals surface area contributed by atoms with E-state index in [1.165, 1.54) is 10.9 Å². The van der Waals surface area contributed by atoms with Crippen molar-refractivity contribution in [3.05, 3.63) is 26.9 Å². The van der Waals surface area contributed by atoms with Crippen LogP contribution in [0.25, 0.3) is 0 Å². The number of halogens is 2. The van der Waals surface area contributed by atoms with E-state index in [0.29, 0.717) is 13.0 Å². The molecule has 1 heterocycles. The minimum atomic E-state index is -0.481. The summed E-state index contributed by atoms with van der Waals surface area (Å²) < 4.78 is 1.35. The number of aryl methyl sites for hydroxylation is 1. The topological polar surface area (TPSA) is 58.7 Å². The number of aromatic nitrogens is 2. The summed E-state index contributed by atoms with van der Waals surface area (Å²) in [5.74, 6) is 0. The smallest absolute Gasteiger partial charge is 0.273 e. The van der Waals surface area contributed by atoms with Crippen molar-refractivity contribution >= 4 is 23.2 Å². The number of nitriles is 1. The normalized spacial score (nSPS) is 11.2. The van der Waals surface area contributed by atoms with Gasteiger partial charge in [0.2, 0.25) is 0 Å². The maximum Gasteiger partial charge on any atom is 0.273 e. The molecule has 0 bridgehead atoms. The Bertz CT molecular complexity index is 488. The average Bonchev–Trinajstić information content (AvgIpc) is 2.25. The zero-order valence-electron chi connectivity index (χ0n) is 9.00. The summed E-state index contributed by atoms with van der Waals surface area (Å²) in [6.07, 6.45) is 1.88. The number of nitrogens with zero attached hydrogens (tertiary/aromatic N) is 3. The van der Waals surface area contributed by atoms with Gasteiger partial charge in [-0.25, -0.2) is 4.98 Å². The molecule has 1 aromatic heterocycles. The lowest BCUT2D eigenvalue weighted by Crippen LogP contribution is -2.24. The van der Waals surface area contributed by atoms with Crippen LogP contribution in [0.2, 0.25) is 10.2 Å². The predicted molar refractivity (Wildman–Crippen MR) is 62.5 cm³/mol. The van der Waals surface area contributed by atoms with Gasteiger partial charge in [-0.05, 0) is 20.3 Å². The molecule has 0 spiro atoms. The lowest BCUT2D eigenvalue weighted by atomic mass is 9.91. The van der Waals surface area contributed by atoms with Crippen molar-refractivity contribution in [3.63, 3.8) is 0 Å². The highest BCUT2D eigenvalue weighted by atomic mass is 35.5. The molecule has 0 saturated heterocycles. The fraction of sp³-hybridized carbons (Fsp3) is 0.500. The summed E-state index contributed by atoms with van der Waals surface area (Å²) in [5, 5.41) is 8.76. The van der Waals surface area contributed by atoms with E-state index in [9.17, 15) is 4.79 Å². The first kappa shape index (κ1) is 13.0. The summed E-state index contributed by atoms with van der Waals surface area (Å²) in [4.78, 5) is 15.4. The third-order valence-electron chi connectivity index (χ3n) is 2.22. The second-order valence-electron chi connectivity index (χ2n) is 4.09. The van der Waals surface area contributed by atoms with E-state index < -0.39 is 5.41 Å². The van der Waals surface area contributed by atoms with Crippen molar-refractivity contribution in [1.29, 1.82) is 5.26 Å². The van der Waals surface area contributed by atoms with E-state index in [1.807, 2.05) is 13.8 Å². The van der Waals surface area contributed by atoms with Crippen LogP contribution in [-0.4, -0.2) is 9.55 Å². The molecule has 86 valence electrons. The van der Waals surface area contributed by atoms with Crippen LogP contribution in [0.5, 0.6) is 0 Å². The molecule has 16 heavy (non-hydrogen) atoms.